The summed E-state index contributed by atoms with van der Waals surface area (Å²) >= 11 is 0. The molecule has 1 fully saturated rings. The van der Waals surface area contributed by atoms with Gasteiger partial charge in [-0.25, -0.2) is 0 Å². The van der Waals surface area contributed by atoms with Gasteiger partial charge < -0.3 is 14.2 Å². The molecule has 1 aromatic carbocycles. The van der Waals surface area contributed by atoms with Gasteiger partial charge in [-0.3, -0.25) is 4.90 Å². The Hall–Kier alpha value is -1.26. The van der Waals surface area contributed by atoms with E-state index in [1.165, 1.54) is 18.4 Å². The summed E-state index contributed by atoms with van der Waals surface area (Å²) < 4.78 is 16.6. The zero-order valence-electron chi connectivity index (χ0n) is 13.4. The van der Waals surface area contributed by atoms with Gasteiger partial charge in [-0.05, 0) is 31.9 Å². The van der Waals surface area contributed by atoms with Crippen molar-refractivity contribution in [1.29, 1.82) is 0 Å². The van der Waals surface area contributed by atoms with Crippen molar-refractivity contribution < 1.29 is 14.2 Å². The number of nitrogens with zero attached hydrogens (tertiary/aromatic N) is 1. The van der Waals surface area contributed by atoms with Crippen LogP contribution in [0.25, 0.3) is 0 Å². The second kappa shape index (κ2) is 8.25. The lowest BCUT2D eigenvalue weighted by molar-refractivity contribution is -0.00238. The smallest absolute Gasteiger partial charge is 0.127 e. The molecule has 118 valence electrons. The molecule has 0 aliphatic carbocycles. The van der Waals surface area contributed by atoms with Crippen molar-refractivity contribution in [2.75, 3.05) is 33.9 Å². The minimum atomic E-state index is 0.378. The summed E-state index contributed by atoms with van der Waals surface area (Å²) in [5.41, 5.74) is 1.20. The maximum atomic E-state index is 5.90. The van der Waals surface area contributed by atoms with Crippen molar-refractivity contribution in [3.63, 3.8) is 0 Å². The van der Waals surface area contributed by atoms with Crippen molar-refractivity contribution in [1.82, 2.24) is 4.90 Å². The van der Waals surface area contributed by atoms with Crippen molar-refractivity contribution in [2.24, 2.45) is 0 Å². The molecule has 1 aliphatic rings. The fourth-order valence-corrected chi connectivity index (χ4v) is 2.80. The number of methoxy groups -OCH3 is 2. The van der Waals surface area contributed by atoms with Gasteiger partial charge >= 0.3 is 0 Å². The predicted molar refractivity (Wildman–Crippen MR) is 84.1 cm³/mol. The van der Waals surface area contributed by atoms with Crippen LogP contribution in [-0.2, 0) is 11.3 Å². The highest BCUT2D eigenvalue weighted by atomic mass is 16.5. The first-order valence-corrected chi connectivity index (χ1v) is 7.81. The van der Waals surface area contributed by atoms with E-state index in [1.807, 2.05) is 12.1 Å². The normalized spacial score (nSPS) is 19.5. The summed E-state index contributed by atoms with van der Waals surface area (Å²) in [6.45, 7) is 6.06. The van der Waals surface area contributed by atoms with E-state index < -0.39 is 0 Å². The fourth-order valence-electron chi connectivity index (χ4n) is 2.80. The molecule has 2 rings (SSSR count). The zero-order chi connectivity index (χ0) is 15.1. The van der Waals surface area contributed by atoms with Crippen molar-refractivity contribution in [3.05, 3.63) is 23.8 Å². The molecule has 0 radical (unpaired) electrons. The number of ether oxygens (including phenoxy) is 3. The molecule has 1 atom stereocenters. The lowest BCUT2D eigenvalue weighted by atomic mass is 10.1. The van der Waals surface area contributed by atoms with Crippen LogP contribution in [-0.4, -0.2) is 44.9 Å². The predicted octanol–water partition coefficient (Wildman–Crippen LogP) is 3.09. The summed E-state index contributed by atoms with van der Waals surface area (Å²) in [5, 5.41) is 0. The van der Waals surface area contributed by atoms with Crippen LogP contribution < -0.4 is 9.47 Å². The SMILES string of the molecule is CCCO[C@@H]1CCCN(Cc2ccc(OC)cc2OC)C1. The van der Waals surface area contributed by atoms with E-state index in [4.69, 9.17) is 14.2 Å². The Morgan fingerprint density at radius 1 is 1.24 bits per heavy atom. The molecule has 0 bridgehead atoms. The minimum absolute atomic E-state index is 0.378. The summed E-state index contributed by atoms with van der Waals surface area (Å²) in [6, 6.07) is 6.03. The van der Waals surface area contributed by atoms with E-state index in [1.54, 1.807) is 14.2 Å². The van der Waals surface area contributed by atoms with Crippen LogP contribution in [0.15, 0.2) is 18.2 Å². The van der Waals surface area contributed by atoms with Gasteiger partial charge in [-0.15, -0.1) is 0 Å². The third-order valence-electron chi connectivity index (χ3n) is 3.91. The van der Waals surface area contributed by atoms with Crippen LogP contribution in [0.5, 0.6) is 11.5 Å². The Labute approximate surface area is 128 Å². The van der Waals surface area contributed by atoms with E-state index in [0.29, 0.717) is 6.10 Å². The molecule has 0 spiro atoms. The van der Waals surface area contributed by atoms with Gasteiger partial charge in [0.25, 0.3) is 0 Å². The summed E-state index contributed by atoms with van der Waals surface area (Å²) in [7, 11) is 3.39. The minimum Gasteiger partial charge on any atom is -0.497 e. The number of hydrogen-bond donors (Lipinski definition) is 0. The van der Waals surface area contributed by atoms with Crippen LogP contribution >= 0.6 is 0 Å². The second-order valence-corrected chi connectivity index (χ2v) is 5.55. The van der Waals surface area contributed by atoms with Gasteiger partial charge in [0, 0.05) is 31.3 Å². The van der Waals surface area contributed by atoms with Gasteiger partial charge in [0.2, 0.25) is 0 Å². The molecule has 1 heterocycles. The van der Waals surface area contributed by atoms with Gasteiger partial charge in [0.15, 0.2) is 0 Å². The summed E-state index contributed by atoms with van der Waals surface area (Å²) in [4.78, 5) is 2.45. The molecule has 21 heavy (non-hydrogen) atoms. The first-order chi connectivity index (χ1) is 10.3. The third-order valence-corrected chi connectivity index (χ3v) is 3.91. The molecule has 1 aromatic rings. The molecule has 4 nitrogen and oxygen atoms in total. The molecule has 1 aliphatic heterocycles. The largest absolute Gasteiger partial charge is 0.497 e. The van der Waals surface area contributed by atoms with Crippen LogP contribution in [0.4, 0.5) is 0 Å². The third kappa shape index (κ3) is 4.61. The summed E-state index contributed by atoms with van der Waals surface area (Å²) in [6.07, 6.45) is 3.84. The van der Waals surface area contributed by atoms with E-state index in [-0.39, 0.29) is 0 Å². The Bertz CT molecular complexity index is 436. The van der Waals surface area contributed by atoms with E-state index in [9.17, 15) is 0 Å². The lowest BCUT2D eigenvalue weighted by Crippen LogP contribution is -2.39. The zero-order valence-corrected chi connectivity index (χ0v) is 13.4. The highest BCUT2D eigenvalue weighted by molar-refractivity contribution is 5.40. The lowest BCUT2D eigenvalue weighted by Gasteiger charge is -2.33. The van der Waals surface area contributed by atoms with Crippen molar-refractivity contribution >= 4 is 0 Å². The molecular formula is C17H27NO3. The molecule has 4 heteroatoms. The van der Waals surface area contributed by atoms with Crippen molar-refractivity contribution in [2.45, 2.75) is 38.8 Å². The molecule has 0 unspecified atom stereocenters. The topological polar surface area (TPSA) is 30.9 Å². The molecule has 0 saturated carbocycles. The Morgan fingerprint density at radius 3 is 2.81 bits per heavy atom. The highest BCUT2D eigenvalue weighted by Gasteiger charge is 2.21. The number of benzene rings is 1. The molecule has 1 saturated heterocycles. The van der Waals surface area contributed by atoms with Crippen LogP contribution in [0.2, 0.25) is 0 Å². The first kappa shape index (κ1) is 16.1. The van der Waals surface area contributed by atoms with E-state index in [2.05, 4.69) is 17.9 Å². The van der Waals surface area contributed by atoms with Crippen LogP contribution in [0, 0.1) is 0 Å². The maximum Gasteiger partial charge on any atom is 0.127 e. The second-order valence-electron chi connectivity index (χ2n) is 5.55. The fraction of sp³-hybridized carbons (Fsp3) is 0.647. The number of rotatable bonds is 7. The molecule has 0 amide bonds. The van der Waals surface area contributed by atoms with Gasteiger partial charge in [-0.2, -0.15) is 0 Å². The average molecular weight is 293 g/mol. The van der Waals surface area contributed by atoms with E-state index in [0.717, 1.165) is 44.2 Å². The number of hydrogen-bond acceptors (Lipinski definition) is 4. The summed E-state index contributed by atoms with van der Waals surface area (Å²) in [5.74, 6) is 1.73. The molecule has 0 aromatic heterocycles. The Kier molecular flexibility index (Phi) is 6.33. The van der Waals surface area contributed by atoms with Crippen molar-refractivity contribution in [3.8, 4) is 11.5 Å². The van der Waals surface area contributed by atoms with Gasteiger partial charge in [-0.1, -0.05) is 13.0 Å². The molecular weight excluding hydrogens is 266 g/mol. The standard InChI is InChI=1S/C17H27NO3/c1-4-10-21-16-6-5-9-18(13-16)12-14-7-8-15(19-2)11-17(14)20-3/h7-8,11,16H,4-6,9-10,12-13H2,1-3H3/t16-/m1/s1. The maximum absolute atomic E-state index is 5.90. The van der Waals surface area contributed by atoms with Crippen LogP contribution in [0.3, 0.4) is 0 Å². The van der Waals surface area contributed by atoms with E-state index >= 15 is 0 Å². The van der Waals surface area contributed by atoms with Gasteiger partial charge in [0.1, 0.15) is 11.5 Å². The number of piperidine rings is 1. The van der Waals surface area contributed by atoms with Gasteiger partial charge in [0.05, 0.1) is 20.3 Å². The molecule has 0 N–H and O–H groups in total. The number of likely N-dealkylation sites (tertiary alicyclic amines) is 1. The quantitative estimate of drug-likeness (QED) is 0.773. The highest BCUT2D eigenvalue weighted by Crippen LogP contribution is 2.27. The van der Waals surface area contributed by atoms with Crippen LogP contribution in [0.1, 0.15) is 31.7 Å². The monoisotopic (exact) mass is 293 g/mol. The Morgan fingerprint density at radius 2 is 2.10 bits per heavy atom. The average Bonchev–Trinajstić information content (AvgIpc) is 2.53. The first-order valence-electron chi connectivity index (χ1n) is 7.81. The Balaban J connectivity index is 1.97.